The predicted octanol–water partition coefficient (Wildman–Crippen LogP) is 4.37. The van der Waals surface area contributed by atoms with Gasteiger partial charge in [-0.05, 0) is 62.1 Å². The van der Waals surface area contributed by atoms with Crippen molar-refractivity contribution in [1.82, 2.24) is 14.7 Å². The lowest BCUT2D eigenvalue weighted by Crippen LogP contribution is -2.47. The minimum absolute atomic E-state index is 0.340. The molecule has 0 atom stereocenters. The first-order chi connectivity index (χ1) is 16.0. The molecule has 0 unspecified atom stereocenters. The molecule has 2 heterocycles. The third kappa shape index (κ3) is 6.83. The number of hydrogen-bond acceptors (Lipinski definition) is 5. The van der Waals surface area contributed by atoms with Gasteiger partial charge in [-0.15, -0.1) is 0 Å². The van der Waals surface area contributed by atoms with Crippen molar-refractivity contribution in [2.75, 3.05) is 26.3 Å². The molecule has 176 valence electrons. The van der Waals surface area contributed by atoms with Gasteiger partial charge >= 0.3 is 0 Å². The number of ether oxygens (including phenoxy) is 2. The van der Waals surface area contributed by atoms with E-state index < -0.39 is 5.60 Å². The standard InChI is InChI=1S/C27H35N3O3/c1-22-8-9-26(23(2)18-22)33-21-27(31)10-15-29(16-11-27)20-24-6-3-7-25(19-24)32-17-5-14-30-13-4-12-28-30/h3-4,6-9,12-13,18-19,31H,5,10-11,14-17,20-21H2,1-2H3. The Morgan fingerprint density at radius 2 is 1.88 bits per heavy atom. The Bertz CT molecular complexity index is 1010. The molecule has 1 aliphatic rings. The molecule has 1 N–H and O–H groups in total. The minimum atomic E-state index is -0.770. The highest BCUT2D eigenvalue weighted by atomic mass is 16.5. The van der Waals surface area contributed by atoms with Gasteiger partial charge in [-0.1, -0.05) is 29.8 Å². The van der Waals surface area contributed by atoms with Gasteiger partial charge in [0.2, 0.25) is 0 Å². The molecule has 1 fully saturated rings. The van der Waals surface area contributed by atoms with Gasteiger partial charge in [0.1, 0.15) is 23.7 Å². The summed E-state index contributed by atoms with van der Waals surface area (Å²) < 4.78 is 13.8. The summed E-state index contributed by atoms with van der Waals surface area (Å²) in [5.41, 5.74) is 2.79. The average Bonchev–Trinajstić information content (AvgIpc) is 3.32. The first-order valence-electron chi connectivity index (χ1n) is 11.8. The van der Waals surface area contributed by atoms with Crippen LogP contribution in [0.2, 0.25) is 0 Å². The van der Waals surface area contributed by atoms with Crippen molar-refractivity contribution < 1.29 is 14.6 Å². The van der Waals surface area contributed by atoms with Gasteiger partial charge in [0.05, 0.1) is 6.61 Å². The van der Waals surface area contributed by atoms with Crippen molar-refractivity contribution in [2.45, 2.75) is 51.8 Å². The summed E-state index contributed by atoms with van der Waals surface area (Å²) in [7, 11) is 0. The molecular weight excluding hydrogens is 414 g/mol. The maximum absolute atomic E-state index is 11.0. The molecule has 0 bridgehead atoms. The normalized spacial score (nSPS) is 16.0. The third-order valence-corrected chi connectivity index (χ3v) is 6.28. The van der Waals surface area contributed by atoms with Gasteiger partial charge in [0.25, 0.3) is 0 Å². The van der Waals surface area contributed by atoms with Crippen molar-refractivity contribution >= 4 is 0 Å². The van der Waals surface area contributed by atoms with Crippen molar-refractivity contribution in [3.8, 4) is 11.5 Å². The smallest absolute Gasteiger partial charge is 0.122 e. The zero-order valence-corrected chi connectivity index (χ0v) is 19.7. The first-order valence-corrected chi connectivity index (χ1v) is 11.8. The number of nitrogens with zero attached hydrogens (tertiary/aromatic N) is 3. The summed E-state index contributed by atoms with van der Waals surface area (Å²) in [5.74, 6) is 1.77. The maximum Gasteiger partial charge on any atom is 0.122 e. The second kappa shape index (κ2) is 10.9. The number of benzene rings is 2. The Kier molecular flexibility index (Phi) is 7.68. The number of hydrogen-bond donors (Lipinski definition) is 1. The molecule has 0 spiro atoms. The quantitative estimate of drug-likeness (QED) is 0.466. The number of aliphatic hydroxyl groups is 1. The zero-order valence-electron chi connectivity index (χ0n) is 19.7. The van der Waals surface area contributed by atoms with Gasteiger partial charge in [0, 0.05) is 45.0 Å². The topological polar surface area (TPSA) is 59.8 Å². The average molecular weight is 450 g/mol. The summed E-state index contributed by atoms with van der Waals surface area (Å²) in [6, 6.07) is 16.4. The first kappa shape index (κ1) is 23.3. The molecule has 33 heavy (non-hydrogen) atoms. The van der Waals surface area contributed by atoms with Crippen LogP contribution in [0.1, 0.15) is 36.0 Å². The summed E-state index contributed by atoms with van der Waals surface area (Å²) in [6.07, 6.45) is 6.10. The maximum atomic E-state index is 11.0. The Morgan fingerprint density at radius 3 is 2.64 bits per heavy atom. The molecule has 1 saturated heterocycles. The predicted molar refractivity (Wildman–Crippen MR) is 130 cm³/mol. The van der Waals surface area contributed by atoms with Crippen LogP contribution < -0.4 is 9.47 Å². The van der Waals surface area contributed by atoms with E-state index in [1.54, 1.807) is 6.20 Å². The number of aromatic nitrogens is 2. The fourth-order valence-corrected chi connectivity index (χ4v) is 4.29. The monoisotopic (exact) mass is 449 g/mol. The second-order valence-corrected chi connectivity index (χ2v) is 9.18. The van der Waals surface area contributed by atoms with E-state index in [-0.39, 0.29) is 0 Å². The number of piperidine rings is 1. The van der Waals surface area contributed by atoms with E-state index in [4.69, 9.17) is 9.47 Å². The van der Waals surface area contributed by atoms with Crippen molar-refractivity contribution in [2.24, 2.45) is 0 Å². The van der Waals surface area contributed by atoms with Gasteiger partial charge < -0.3 is 14.6 Å². The van der Waals surface area contributed by atoms with E-state index in [0.29, 0.717) is 26.1 Å². The minimum Gasteiger partial charge on any atom is -0.494 e. The van der Waals surface area contributed by atoms with Gasteiger partial charge in [0.15, 0.2) is 0 Å². The van der Waals surface area contributed by atoms with Crippen LogP contribution in [0.25, 0.3) is 0 Å². The number of rotatable bonds is 10. The van der Waals surface area contributed by atoms with Crippen molar-refractivity contribution in [1.29, 1.82) is 0 Å². The van der Waals surface area contributed by atoms with E-state index in [9.17, 15) is 5.11 Å². The Labute approximate surface area is 196 Å². The van der Waals surface area contributed by atoms with E-state index >= 15 is 0 Å². The number of likely N-dealkylation sites (tertiary alicyclic amines) is 1. The van der Waals surface area contributed by atoms with Gasteiger partial charge in [-0.3, -0.25) is 9.58 Å². The Balaban J connectivity index is 1.21. The molecule has 3 aromatic rings. The third-order valence-electron chi connectivity index (χ3n) is 6.28. The van der Waals surface area contributed by atoms with Gasteiger partial charge in [-0.2, -0.15) is 5.10 Å². The summed E-state index contributed by atoms with van der Waals surface area (Å²) >= 11 is 0. The molecule has 1 aromatic heterocycles. The largest absolute Gasteiger partial charge is 0.494 e. The van der Waals surface area contributed by atoms with E-state index in [1.807, 2.05) is 42.1 Å². The molecule has 1 aliphatic heterocycles. The molecule has 2 aromatic carbocycles. The van der Waals surface area contributed by atoms with Crippen LogP contribution in [0.3, 0.4) is 0 Å². The Morgan fingerprint density at radius 1 is 1.03 bits per heavy atom. The van der Waals surface area contributed by atoms with E-state index in [2.05, 4.69) is 41.2 Å². The molecule has 0 aliphatic carbocycles. The fourth-order valence-electron chi connectivity index (χ4n) is 4.29. The molecule has 6 heteroatoms. The van der Waals surface area contributed by atoms with Crippen LogP contribution in [-0.2, 0) is 13.1 Å². The molecule has 0 radical (unpaired) electrons. The highest BCUT2D eigenvalue weighted by Crippen LogP contribution is 2.27. The zero-order chi connectivity index (χ0) is 23.1. The molecular formula is C27H35N3O3. The molecule has 0 saturated carbocycles. The lowest BCUT2D eigenvalue weighted by atomic mass is 9.92. The Hall–Kier alpha value is -2.83. The van der Waals surface area contributed by atoms with Crippen LogP contribution in [0.5, 0.6) is 11.5 Å². The lowest BCUT2D eigenvalue weighted by molar-refractivity contribution is -0.0538. The van der Waals surface area contributed by atoms with Gasteiger partial charge in [-0.25, -0.2) is 0 Å². The summed E-state index contributed by atoms with van der Waals surface area (Å²) in [5, 5.41) is 15.2. The van der Waals surface area contributed by atoms with Crippen molar-refractivity contribution in [3.63, 3.8) is 0 Å². The van der Waals surface area contributed by atoms with Crippen LogP contribution in [-0.4, -0.2) is 51.7 Å². The highest BCUT2D eigenvalue weighted by molar-refractivity contribution is 5.35. The van der Waals surface area contributed by atoms with Crippen LogP contribution >= 0.6 is 0 Å². The highest BCUT2D eigenvalue weighted by Gasteiger charge is 2.33. The van der Waals surface area contributed by atoms with Crippen LogP contribution in [0, 0.1) is 13.8 Å². The SMILES string of the molecule is Cc1ccc(OCC2(O)CCN(Cc3cccc(OCCCn4cccn4)c3)CC2)c(C)c1. The second-order valence-electron chi connectivity index (χ2n) is 9.18. The summed E-state index contributed by atoms with van der Waals surface area (Å²) in [6.45, 7) is 8.54. The number of aryl methyl sites for hydroxylation is 3. The van der Waals surface area contributed by atoms with E-state index in [1.165, 1.54) is 11.1 Å². The summed E-state index contributed by atoms with van der Waals surface area (Å²) in [4.78, 5) is 2.39. The molecule has 0 amide bonds. The van der Waals surface area contributed by atoms with Crippen LogP contribution in [0.4, 0.5) is 0 Å². The lowest BCUT2D eigenvalue weighted by Gasteiger charge is -2.38. The fraction of sp³-hybridized carbons (Fsp3) is 0.444. The van der Waals surface area contributed by atoms with Crippen molar-refractivity contribution in [3.05, 3.63) is 77.6 Å². The van der Waals surface area contributed by atoms with Crippen LogP contribution in [0.15, 0.2) is 60.9 Å². The van der Waals surface area contributed by atoms with E-state index in [0.717, 1.165) is 49.7 Å². The molecule has 4 rings (SSSR count). The molecule has 6 nitrogen and oxygen atoms in total.